The number of nitrogens with zero attached hydrogens (tertiary/aromatic N) is 1. The summed E-state index contributed by atoms with van der Waals surface area (Å²) < 4.78 is 0. The standard InChI is InChI=1S/C10H11NO2S2/c12-10(13)8(5-14)11-6-15-9-4-2-1-3-7(9)11/h1-4,8,14H,5-6H2,(H,12,13). The Labute approximate surface area is 97.9 Å². The maximum absolute atomic E-state index is 11.0. The molecule has 80 valence electrons. The van der Waals surface area contributed by atoms with Crippen molar-refractivity contribution in [1.82, 2.24) is 0 Å². The number of fused-ring (bicyclic) bond motifs is 1. The number of thiol groups is 1. The molecule has 1 N–H and O–H groups in total. The van der Waals surface area contributed by atoms with Gasteiger partial charge in [-0.15, -0.1) is 11.8 Å². The predicted octanol–water partition coefficient (Wildman–Crippen LogP) is 1.94. The Morgan fingerprint density at radius 3 is 3.00 bits per heavy atom. The number of para-hydroxylation sites is 1. The lowest BCUT2D eigenvalue weighted by molar-refractivity contribution is -0.137. The van der Waals surface area contributed by atoms with Gasteiger partial charge in [-0.3, -0.25) is 0 Å². The molecule has 0 saturated carbocycles. The summed E-state index contributed by atoms with van der Waals surface area (Å²) in [5.74, 6) is 0.198. The van der Waals surface area contributed by atoms with Crippen molar-refractivity contribution in [2.24, 2.45) is 0 Å². The third-order valence-electron chi connectivity index (χ3n) is 2.37. The summed E-state index contributed by atoms with van der Waals surface area (Å²) in [6.07, 6.45) is 0. The van der Waals surface area contributed by atoms with Crippen LogP contribution in [0.3, 0.4) is 0 Å². The summed E-state index contributed by atoms with van der Waals surface area (Å²) in [5.41, 5.74) is 1.00. The minimum absolute atomic E-state index is 0.324. The Morgan fingerprint density at radius 1 is 1.60 bits per heavy atom. The number of aliphatic carboxylic acids is 1. The molecule has 5 heteroatoms. The number of carbonyl (C=O) groups is 1. The summed E-state index contributed by atoms with van der Waals surface area (Å²) in [5, 5.41) is 9.06. The second kappa shape index (κ2) is 4.37. The van der Waals surface area contributed by atoms with Crippen molar-refractivity contribution in [1.29, 1.82) is 0 Å². The van der Waals surface area contributed by atoms with Crippen LogP contribution in [0.4, 0.5) is 5.69 Å². The van der Waals surface area contributed by atoms with Gasteiger partial charge < -0.3 is 10.0 Å². The van der Waals surface area contributed by atoms with Crippen LogP contribution >= 0.6 is 24.4 Å². The average Bonchev–Trinajstić information content (AvgIpc) is 2.63. The Morgan fingerprint density at radius 2 is 2.33 bits per heavy atom. The first-order chi connectivity index (χ1) is 7.24. The molecular weight excluding hydrogens is 230 g/mol. The van der Waals surface area contributed by atoms with Crippen molar-refractivity contribution in [2.75, 3.05) is 16.5 Å². The van der Waals surface area contributed by atoms with Crippen molar-refractivity contribution in [3.05, 3.63) is 24.3 Å². The first kappa shape index (κ1) is 10.7. The molecule has 0 spiro atoms. The zero-order chi connectivity index (χ0) is 10.8. The van der Waals surface area contributed by atoms with E-state index in [1.54, 1.807) is 11.8 Å². The molecular formula is C10H11NO2S2. The van der Waals surface area contributed by atoms with Gasteiger partial charge in [-0.2, -0.15) is 12.6 Å². The number of anilines is 1. The Kier molecular flexibility index (Phi) is 3.11. The molecule has 1 aliphatic heterocycles. The lowest BCUT2D eigenvalue weighted by Crippen LogP contribution is -2.41. The highest BCUT2D eigenvalue weighted by atomic mass is 32.2. The van der Waals surface area contributed by atoms with Crippen molar-refractivity contribution in [3.8, 4) is 0 Å². The monoisotopic (exact) mass is 241 g/mol. The number of carboxylic acids is 1. The quantitative estimate of drug-likeness (QED) is 0.793. The van der Waals surface area contributed by atoms with E-state index >= 15 is 0 Å². The van der Waals surface area contributed by atoms with Crippen molar-refractivity contribution >= 4 is 36.0 Å². The van der Waals surface area contributed by atoms with E-state index in [9.17, 15) is 4.79 Å². The molecule has 1 atom stereocenters. The second-order valence-electron chi connectivity index (χ2n) is 3.25. The van der Waals surface area contributed by atoms with Gasteiger partial charge in [0.05, 0.1) is 11.6 Å². The Balaban J connectivity index is 2.30. The molecule has 1 aromatic carbocycles. The van der Waals surface area contributed by atoms with E-state index in [4.69, 9.17) is 5.11 Å². The second-order valence-corrected chi connectivity index (χ2v) is 4.60. The van der Waals surface area contributed by atoms with Gasteiger partial charge in [0, 0.05) is 10.6 Å². The highest BCUT2D eigenvalue weighted by Crippen LogP contribution is 2.39. The minimum atomic E-state index is -0.817. The van der Waals surface area contributed by atoms with Crippen LogP contribution in [-0.2, 0) is 4.79 Å². The summed E-state index contributed by atoms with van der Waals surface area (Å²) in [4.78, 5) is 14.1. The number of benzene rings is 1. The van der Waals surface area contributed by atoms with Gasteiger partial charge in [-0.1, -0.05) is 12.1 Å². The van der Waals surface area contributed by atoms with Crippen LogP contribution in [0.1, 0.15) is 0 Å². The van der Waals surface area contributed by atoms with Crippen LogP contribution in [0.2, 0.25) is 0 Å². The number of thioether (sulfide) groups is 1. The summed E-state index contributed by atoms with van der Waals surface area (Å²) in [7, 11) is 0. The summed E-state index contributed by atoms with van der Waals surface area (Å²) in [6.45, 7) is 0. The highest BCUT2D eigenvalue weighted by Gasteiger charge is 2.29. The van der Waals surface area contributed by atoms with Gasteiger partial charge >= 0.3 is 5.97 Å². The van der Waals surface area contributed by atoms with Crippen molar-refractivity contribution < 1.29 is 9.90 Å². The molecule has 15 heavy (non-hydrogen) atoms. The molecule has 0 aromatic heterocycles. The van der Waals surface area contributed by atoms with E-state index in [0.717, 1.165) is 10.6 Å². The van der Waals surface area contributed by atoms with E-state index in [1.807, 2.05) is 29.2 Å². The fraction of sp³-hybridized carbons (Fsp3) is 0.300. The lowest BCUT2D eigenvalue weighted by Gasteiger charge is -2.24. The Bertz CT molecular complexity index is 383. The maximum atomic E-state index is 11.0. The smallest absolute Gasteiger partial charge is 0.327 e. The molecule has 1 aromatic rings. The van der Waals surface area contributed by atoms with Crippen LogP contribution in [-0.4, -0.2) is 28.7 Å². The average molecular weight is 241 g/mol. The molecule has 1 heterocycles. The summed E-state index contributed by atoms with van der Waals surface area (Å²) >= 11 is 5.76. The lowest BCUT2D eigenvalue weighted by atomic mass is 10.2. The van der Waals surface area contributed by atoms with E-state index in [-0.39, 0.29) is 0 Å². The largest absolute Gasteiger partial charge is 0.480 e. The van der Waals surface area contributed by atoms with E-state index in [0.29, 0.717) is 11.6 Å². The van der Waals surface area contributed by atoms with Crippen molar-refractivity contribution in [3.63, 3.8) is 0 Å². The molecule has 1 unspecified atom stereocenters. The normalized spacial score (nSPS) is 16.2. The van der Waals surface area contributed by atoms with Gasteiger partial charge in [0.25, 0.3) is 0 Å². The fourth-order valence-corrected chi connectivity index (χ4v) is 3.05. The van der Waals surface area contributed by atoms with Gasteiger partial charge in [0.15, 0.2) is 0 Å². The molecule has 1 aliphatic rings. The molecule has 0 bridgehead atoms. The van der Waals surface area contributed by atoms with Crippen LogP contribution in [0.5, 0.6) is 0 Å². The van der Waals surface area contributed by atoms with Gasteiger partial charge in [0.1, 0.15) is 6.04 Å². The third-order valence-corrected chi connectivity index (χ3v) is 3.78. The van der Waals surface area contributed by atoms with Gasteiger partial charge in [-0.05, 0) is 12.1 Å². The zero-order valence-electron chi connectivity index (χ0n) is 7.96. The molecule has 3 nitrogen and oxygen atoms in total. The fourth-order valence-electron chi connectivity index (χ4n) is 1.59. The van der Waals surface area contributed by atoms with Crippen molar-refractivity contribution in [2.45, 2.75) is 10.9 Å². The van der Waals surface area contributed by atoms with E-state index < -0.39 is 12.0 Å². The van der Waals surface area contributed by atoms with Crippen LogP contribution < -0.4 is 4.90 Å². The topological polar surface area (TPSA) is 40.5 Å². The predicted molar refractivity (Wildman–Crippen MR) is 64.9 cm³/mol. The van der Waals surface area contributed by atoms with E-state index in [2.05, 4.69) is 12.6 Å². The number of carboxylic acid groups (broad SMARTS) is 1. The molecule has 0 aliphatic carbocycles. The first-order valence-electron chi connectivity index (χ1n) is 4.56. The van der Waals surface area contributed by atoms with Crippen LogP contribution in [0, 0.1) is 0 Å². The highest BCUT2D eigenvalue weighted by molar-refractivity contribution is 7.99. The minimum Gasteiger partial charge on any atom is -0.480 e. The van der Waals surface area contributed by atoms with Gasteiger partial charge in [0.2, 0.25) is 0 Å². The Hall–Kier alpha value is -0.810. The molecule has 0 amide bonds. The maximum Gasteiger partial charge on any atom is 0.327 e. The SMILES string of the molecule is O=C(O)C(CS)N1CSc2ccccc21. The first-order valence-corrected chi connectivity index (χ1v) is 6.18. The summed E-state index contributed by atoms with van der Waals surface area (Å²) in [6, 6.07) is 7.32. The van der Waals surface area contributed by atoms with Crippen LogP contribution in [0.25, 0.3) is 0 Å². The number of hydrogen-bond acceptors (Lipinski definition) is 4. The van der Waals surface area contributed by atoms with E-state index in [1.165, 1.54) is 0 Å². The molecule has 0 fully saturated rings. The third kappa shape index (κ3) is 1.94. The molecule has 0 radical (unpaired) electrons. The van der Waals surface area contributed by atoms with Crippen LogP contribution in [0.15, 0.2) is 29.2 Å². The number of hydrogen-bond donors (Lipinski definition) is 2. The number of rotatable bonds is 3. The zero-order valence-corrected chi connectivity index (χ0v) is 9.67. The van der Waals surface area contributed by atoms with Gasteiger partial charge in [-0.25, -0.2) is 4.79 Å². The molecule has 2 rings (SSSR count). The molecule has 0 saturated heterocycles.